The monoisotopic (exact) mass is 442 g/mol. The fourth-order valence-electron chi connectivity index (χ4n) is 3.92. The Kier molecular flexibility index (Phi) is 7.19. The Bertz CT molecular complexity index is 858. The second-order valence-corrected chi connectivity index (χ2v) is 9.87. The normalized spacial score (nSPS) is 19.6. The van der Waals surface area contributed by atoms with E-state index >= 15 is 0 Å². The number of halogens is 1. The number of carbonyl (C=O) groups excluding carboxylic acids is 2. The Morgan fingerprint density at radius 3 is 2.24 bits per heavy atom. The number of nitrogens with zero attached hydrogens (tertiary/aromatic N) is 2. The minimum absolute atomic E-state index is 0.0173. The molecular weight excluding hydrogens is 416 g/mol. The number of benzene rings is 1. The number of hydrogen-bond acceptors (Lipinski definition) is 5. The van der Waals surface area contributed by atoms with Gasteiger partial charge in [-0.05, 0) is 43.9 Å². The van der Waals surface area contributed by atoms with E-state index < -0.39 is 10.0 Å². The van der Waals surface area contributed by atoms with Crippen molar-refractivity contribution in [2.24, 2.45) is 5.92 Å². The molecule has 2 aliphatic rings. The first-order valence-electron chi connectivity index (χ1n) is 10.0. The lowest BCUT2D eigenvalue weighted by atomic mass is 9.96. The van der Waals surface area contributed by atoms with Gasteiger partial charge in [0.1, 0.15) is 4.90 Å². The van der Waals surface area contributed by atoms with Gasteiger partial charge in [-0.2, -0.15) is 4.31 Å². The number of hydrogen-bond donors (Lipinski definition) is 0. The maximum Gasteiger partial charge on any atom is 0.308 e. The molecule has 0 unspecified atom stereocenters. The van der Waals surface area contributed by atoms with Gasteiger partial charge in [-0.25, -0.2) is 8.42 Å². The van der Waals surface area contributed by atoms with Crippen LogP contribution in [0, 0.1) is 5.92 Å². The Morgan fingerprint density at radius 1 is 1.03 bits per heavy atom. The van der Waals surface area contributed by atoms with Crippen LogP contribution in [0.15, 0.2) is 23.1 Å². The fraction of sp³-hybridized carbons (Fsp3) is 0.600. The van der Waals surface area contributed by atoms with Gasteiger partial charge in [0.25, 0.3) is 5.91 Å². The van der Waals surface area contributed by atoms with Gasteiger partial charge in [-0.3, -0.25) is 9.59 Å². The number of likely N-dealkylation sites (tertiary alicyclic amines) is 1. The lowest BCUT2D eigenvalue weighted by Crippen LogP contribution is -2.40. The van der Waals surface area contributed by atoms with Crippen LogP contribution in [0.5, 0.6) is 0 Å². The van der Waals surface area contributed by atoms with E-state index in [1.54, 1.807) is 11.0 Å². The molecule has 29 heavy (non-hydrogen) atoms. The summed E-state index contributed by atoms with van der Waals surface area (Å²) in [6, 6.07) is 4.41. The molecule has 3 rings (SSSR count). The predicted molar refractivity (Wildman–Crippen MR) is 109 cm³/mol. The highest BCUT2D eigenvalue weighted by Gasteiger charge is 2.31. The third kappa shape index (κ3) is 4.92. The van der Waals surface area contributed by atoms with Gasteiger partial charge < -0.3 is 9.64 Å². The Hall–Kier alpha value is -1.64. The number of sulfonamides is 1. The van der Waals surface area contributed by atoms with E-state index in [0.717, 1.165) is 25.7 Å². The van der Waals surface area contributed by atoms with E-state index in [0.29, 0.717) is 44.6 Å². The van der Waals surface area contributed by atoms with Crippen LogP contribution in [0.2, 0.25) is 5.02 Å². The van der Waals surface area contributed by atoms with Crippen molar-refractivity contribution in [3.63, 3.8) is 0 Å². The van der Waals surface area contributed by atoms with E-state index in [1.807, 2.05) is 0 Å². The summed E-state index contributed by atoms with van der Waals surface area (Å²) in [5.74, 6) is -0.708. The van der Waals surface area contributed by atoms with Gasteiger partial charge in [0.15, 0.2) is 0 Å². The molecule has 1 aromatic rings. The number of ether oxygens (including phenoxy) is 1. The minimum atomic E-state index is -3.76. The zero-order valence-electron chi connectivity index (χ0n) is 16.6. The van der Waals surface area contributed by atoms with Crippen molar-refractivity contribution in [3.8, 4) is 0 Å². The fourth-order valence-corrected chi connectivity index (χ4v) is 5.94. The second-order valence-electron chi connectivity index (χ2n) is 7.55. The van der Waals surface area contributed by atoms with Crippen molar-refractivity contribution in [2.45, 2.75) is 43.4 Å². The van der Waals surface area contributed by atoms with Gasteiger partial charge in [0.05, 0.1) is 18.1 Å². The number of rotatable bonds is 4. The summed E-state index contributed by atoms with van der Waals surface area (Å²) in [7, 11) is -2.40. The minimum Gasteiger partial charge on any atom is -0.469 e. The van der Waals surface area contributed by atoms with E-state index in [9.17, 15) is 18.0 Å². The molecule has 9 heteroatoms. The van der Waals surface area contributed by atoms with Gasteiger partial charge >= 0.3 is 5.97 Å². The summed E-state index contributed by atoms with van der Waals surface area (Å²) < 4.78 is 32.5. The van der Waals surface area contributed by atoms with E-state index in [4.69, 9.17) is 16.3 Å². The first kappa shape index (κ1) is 22.1. The molecule has 1 aromatic carbocycles. The Labute approximate surface area is 177 Å². The summed E-state index contributed by atoms with van der Waals surface area (Å²) in [4.78, 5) is 26.2. The molecule has 2 aliphatic heterocycles. The second kappa shape index (κ2) is 9.45. The Morgan fingerprint density at radius 2 is 1.66 bits per heavy atom. The van der Waals surface area contributed by atoms with Crippen LogP contribution in [-0.2, 0) is 19.6 Å². The lowest BCUT2D eigenvalue weighted by Gasteiger charge is -2.31. The van der Waals surface area contributed by atoms with Crippen molar-refractivity contribution in [3.05, 3.63) is 28.8 Å². The number of esters is 1. The third-order valence-electron chi connectivity index (χ3n) is 5.68. The van der Waals surface area contributed by atoms with Crippen LogP contribution in [0.4, 0.5) is 0 Å². The van der Waals surface area contributed by atoms with Crippen LogP contribution < -0.4 is 0 Å². The van der Waals surface area contributed by atoms with E-state index in [1.165, 1.54) is 23.5 Å². The molecule has 0 N–H and O–H groups in total. The SMILES string of the molecule is COC(=O)C1CCN(C(=O)c2ccc(Cl)c(S(=O)(=O)N3CCCCCC3)c2)CC1. The van der Waals surface area contributed by atoms with Gasteiger partial charge in [0, 0.05) is 31.7 Å². The van der Waals surface area contributed by atoms with E-state index in [-0.39, 0.29) is 27.7 Å². The molecule has 7 nitrogen and oxygen atoms in total. The van der Waals surface area contributed by atoms with Gasteiger partial charge in [-0.15, -0.1) is 0 Å². The lowest BCUT2D eigenvalue weighted by molar-refractivity contribution is -0.146. The molecule has 1 amide bonds. The molecule has 2 saturated heterocycles. The van der Waals surface area contributed by atoms with Gasteiger partial charge in [0.2, 0.25) is 10.0 Å². The van der Waals surface area contributed by atoms with Crippen molar-refractivity contribution in [1.29, 1.82) is 0 Å². The average Bonchev–Trinajstić information content (AvgIpc) is 3.03. The molecule has 0 atom stereocenters. The molecule has 160 valence electrons. The smallest absolute Gasteiger partial charge is 0.308 e. The highest BCUT2D eigenvalue weighted by atomic mass is 35.5. The predicted octanol–water partition coefficient (Wildman–Crippen LogP) is 2.93. The first-order valence-corrected chi connectivity index (χ1v) is 11.8. The molecule has 0 aromatic heterocycles. The standard InChI is InChI=1S/C20H27ClN2O5S/c1-28-20(25)15-8-12-22(13-9-15)19(24)16-6-7-17(21)18(14-16)29(26,27)23-10-4-2-3-5-11-23/h6-7,14-15H,2-5,8-13H2,1H3. The third-order valence-corrected chi connectivity index (χ3v) is 8.06. The van der Waals surface area contributed by atoms with Crippen LogP contribution in [0.1, 0.15) is 48.9 Å². The van der Waals surface area contributed by atoms with Crippen LogP contribution in [0.25, 0.3) is 0 Å². The van der Waals surface area contributed by atoms with Gasteiger partial charge in [-0.1, -0.05) is 24.4 Å². The highest BCUT2D eigenvalue weighted by Crippen LogP contribution is 2.29. The Balaban J connectivity index is 1.78. The average molecular weight is 443 g/mol. The van der Waals surface area contributed by atoms with Crippen LogP contribution in [-0.4, -0.2) is 62.8 Å². The number of amides is 1. The maximum atomic E-state index is 13.1. The molecule has 0 spiro atoms. The zero-order chi connectivity index (χ0) is 21.0. The zero-order valence-corrected chi connectivity index (χ0v) is 18.2. The van der Waals surface area contributed by atoms with Crippen molar-refractivity contribution in [2.75, 3.05) is 33.3 Å². The van der Waals surface area contributed by atoms with Crippen LogP contribution >= 0.6 is 11.6 Å². The summed E-state index contributed by atoms with van der Waals surface area (Å²) in [6.07, 6.45) is 4.74. The molecule has 0 aliphatic carbocycles. The quantitative estimate of drug-likeness (QED) is 0.669. The molecule has 2 fully saturated rings. The number of carbonyl (C=O) groups is 2. The first-order chi connectivity index (χ1) is 13.8. The van der Waals surface area contributed by atoms with Crippen LogP contribution in [0.3, 0.4) is 0 Å². The van der Waals surface area contributed by atoms with Crippen molar-refractivity contribution < 1.29 is 22.7 Å². The molecule has 0 radical (unpaired) electrons. The summed E-state index contributed by atoms with van der Waals surface area (Å²) in [5, 5.41) is 0.121. The highest BCUT2D eigenvalue weighted by molar-refractivity contribution is 7.89. The summed E-state index contributed by atoms with van der Waals surface area (Å²) in [5.41, 5.74) is 0.291. The summed E-state index contributed by atoms with van der Waals surface area (Å²) >= 11 is 6.22. The largest absolute Gasteiger partial charge is 0.469 e. The van der Waals surface area contributed by atoms with Crippen molar-refractivity contribution >= 4 is 33.5 Å². The molecule has 2 heterocycles. The molecule has 0 saturated carbocycles. The van der Waals surface area contributed by atoms with E-state index in [2.05, 4.69) is 0 Å². The molecular formula is C20H27ClN2O5S. The topological polar surface area (TPSA) is 84.0 Å². The van der Waals surface area contributed by atoms with Crippen molar-refractivity contribution in [1.82, 2.24) is 9.21 Å². The maximum absolute atomic E-state index is 13.1. The molecule has 0 bridgehead atoms. The number of methoxy groups -OCH3 is 1. The number of piperidine rings is 1. The summed E-state index contributed by atoms with van der Waals surface area (Å²) in [6.45, 7) is 1.79.